The van der Waals surface area contributed by atoms with Crippen molar-refractivity contribution in [2.24, 2.45) is 5.92 Å². The van der Waals surface area contributed by atoms with Crippen molar-refractivity contribution >= 4 is 5.97 Å². The SMILES string of the molecule is CN(CCC(c1ccccc1)C1CCCCC1)CC(=O)O. The molecule has 0 aromatic heterocycles. The van der Waals surface area contributed by atoms with Crippen LogP contribution in [-0.4, -0.2) is 36.1 Å². The van der Waals surface area contributed by atoms with Crippen LogP contribution in [0.25, 0.3) is 0 Å². The number of likely N-dealkylation sites (N-methyl/N-ethyl adjacent to an activating group) is 1. The highest BCUT2D eigenvalue weighted by Gasteiger charge is 2.25. The van der Waals surface area contributed by atoms with Gasteiger partial charge in [0.1, 0.15) is 0 Å². The van der Waals surface area contributed by atoms with Gasteiger partial charge in [-0.3, -0.25) is 9.69 Å². The molecule has 1 aliphatic carbocycles. The largest absolute Gasteiger partial charge is 0.480 e. The summed E-state index contributed by atoms with van der Waals surface area (Å²) >= 11 is 0. The van der Waals surface area contributed by atoms with E-state index < -0.39 is 5.97 Å². The Balaban J connectivity index is 2.00. The molecule has 1 atom stereocenters. The average molecular weight is 289 g/mol. The zero-order chi connectivity index (χ0) is 15.1. The Kier molecular flexibility index (Phi) is 6.24. The number of nitrogens with zero attached hydrogens (tertiary/aromatic N) is 1. The Morgan fingerprint density at radius 2 is 1.90 bits per heavy atom. The van der Waals surface area contributed by atoms with Crippen LogP contribution in [0.2, 0.25) is 0 Å². The number of carboxylic acid groups (broad SMARTS) is 1. The molecule has 0 bridgehead atoms. The molecule has 1 unspecified atom stereocenters. The van der Waals surface area contributed by atoms with Gasteiger partial charge in [0.25, 0.3) is 0 Å². The van der Waals surface area contributed by atoms with Crippen molar-refractivity contribution in [3.8, 4) is 0 Å². The normalized spacial score (nSPS) is 17.8. The molecule has 1 saturated carbocycles. The lowest BCUT2D eigenvalue weighted by Gasteiger charge is -2.32. The molecule has 0 heterocycles. The summed E-state index contributed by atoms with van der Waals surface area (Å²) in [5, 5.41) is 8.87. The molecule has 1 aromatic carbocycles. The summed E-state index contributed by atoms with van der Waals surface area (Å²) in [6.07, 6.45) is 7.76. The van der Waals surface area contributed by atoms with E-state index in [1.165, 1.54) is 37.7 Å². The molecule has 3 heteroatoms. The topological polar surface area (TPSA) is 40.5 Å². The molecule has 116 valence electrons. The Morgan fingerprint density at radius 3 is 2.52 bits per heavy atom. The first-order valence-electron chi connectivity index (χ1n) is 8.12. The van der Waals surface area contributed by atoms with Gasteiger partial charge in [0, 0.05) is 0 Å². The molecule has 0 saturated heterocycles. The third-order valence-corrected chi connectivity index (χ3v) is 4.67. The van der Waals surface area contributed by atoms with Crippen LogP contribution in [0, 0.1) is 5.92 Å². The minimum absolute atomic E-state index is 0.131. The van der Waals surface area contributed by atoms with Crippen molar-refractivity contribution < 1.29 is 9.90 Å². The van der Waals surface area contributed by atoms with Gasteiger partial charge in [0.15, 0.2) is 0 Å². The van der Waals surface area contributed by atoms with Gasteiger partial charge in [0.2, 0.25) is 0 Å². The van der Waals surface area contributed by atoms with Gasteiger partial charge in [-0.2, -0.15) is 0 Å². The van der Waals surface area contributed by atoms with E-state index in [0.29, 0.717) is 5.92 Å². The molecule has 21 heavy (non-hydrogen) atoms. The highest BCUT2D eigenvalue weighted by molar-refractivity contribution is 5.68. The lowest BCUT2D eigenvalue weighted by molar-refractivity contribution is -0.138. The smallest absolute Gasteiger partial charge is 0.317 e. The third-order valence-electron chi connectivity index (χ3n) is 4.67. The molecule has 0 amide bonds. The minimum atomic E-state index is -0.744. The van der Waals surface area contributed by atoms with Crippen LogP contribution in [0.5, 0.6) is 0 Å². The van der Waals surface area contributed by atoms with Crippen LogP contribution in [0.1, 0.15) is 50.0 Å². The maximum atomic E-state index is 10.8. The second kappa shape index (κ2) is 8.18. The number of rotatable bonds is 7. The van der Waals surface area contributed by atoms with Crippen molar-refractivity contribution in [3.63, 3.8) is 0 Å². The van der Waals surface area contributed by atoms with Crippen molar-refractivity contribution in [2.45, 2.75) is 44.4 Å². The summed E-state index contributed by atoms with van der Waals surface area (Å²) in [5.41, 5.74) is 1.42. The molecule has 1 aliphatic rings. The van der Waals surface area contributed by atoms with E-state index in [1.807, 2.05) is 11.9 Å². The Morgan fingerprint density at radius 1 is 1.24 bits per heavy atom. The van der Waals surface area contributed by atoms with Gasteiger partial charge in [-0.1, -0.05) is 49.6 Å². The summed E-state index contributed by atoms with van der Waals surface area (Å²) in [4.78, 5) is 12.7. The van der Waals surface area contributed by atoms with E-state index in [4.69, 9.17) is 5.11 Å². The molecule has 0 aliphatic heterocycles. The highest BCUT2D eigenvalue weighted by atomic mass is 16.4. The quantitative estimate of drug-likeness (QED) is 0.831. The number of hydrogen-bond acceptors (Lipinski definition) is 2. The number of carboxylic acids is 1. The summed E-state index contributed by atoms with van der Waals surface area (Å²) in [5.74, 6) is 0.591. The fourth-order valence-electron chi connectivity index (χ4n) is 3.58. The zero-order valence-electron chi connectivity index (χ0n) is 13.0. The Hall–Kier alpha value is -1.35. The van der Waals surface area contributed by atoms with Crippen molar-refractivity contribution in [3.05, 3.63) is 35.9 Å². The van der Waals surface area contributed by atoms with E-state index in [-0.39, 0.29) is 6.54 Å². The van der Waals surface area contributed by atoms with Crippen LogP contribution in [0.3, 0.4) is 0 Å². The van der Waals surface area contributed by atoms with Crippen LogP contribution >= 0.6 is 0 Å². The number of carbonyl (C=O) groups is 1. The predicted octanol–water partition coefficient (Wildman–Crippen LogP) is 3.76. The van der Waals surface area contributed by atoms with Gasteiger partial charge in [-0.25, -0.2) is 0 Å². The number of aliphatic carboxylic acids is 1. The molecule has 2 rings (SSSR count). The lowest BCUT2D eigenvalue weighted by Crippen LogP contribution is -2.29. The molecule has 0 spiro atoms. The molecule has 1 fully saturated rings. The number of benzene rings is 1. The van der Waals surface area contributed by atoms with E-state index in [0.717, 1.165) is 18.9 Å². The Labute approximate surface area is 128 Å². The second-order valence-electron chi connectivity index (χ2n) is 6.34. The average Bonchev–Trinajstić information content (AvgIpc) is 2.49. The molecule has 1 N–H and O–H groups in total. The monoisotopic (exact) mass is 289 g/mol. The fraction of sp³-hybridized carbons (Fsp3) is 0.611. The van der Waals surface area contributed by atoms with E-state index in [9.17, 15) is 4.79 Å². The fourth-order valence-corrected chi connectivity index (χ4v) is 3.58. The molecule has 1 aromatic rings. The van der Waals surface area contributed by atoms with Crippen LogP contribution in [-0.2, 0) is 4.79 Å². The van der Waals surface area contributed by atoms with Crippen LogP contribution in [0.4, 0.5) is 0 Å². The van der Waals surface area contributed by atoms with Gasteiger partial charge >= 0.3 is 5.97 Å². The second-order valence-corrected chi connectivity index (χ2v) is 6.34. The van der Waals surface area contributed by atoms with Crippen molar-refractivity contribution in [2.75, 3.05) is 20.1 Å². The van der Waals surface area contributed by atoms with Crippen molar-refractivity contribution in [1.29, 1.82) is 0 Å². The van der Waals surface area contributed by atoms with Crippen LogP contribution in [0.15, 0.2) is 30.3 Å². The van der Waals surface area contributed by atoms with E-state index in [2.05, 4.69) is 30.3 Å². The van der Waals surface area contributed by atoms with Gasteiger partial charge in [-0.05, 0) is 50.3 Å². The number of hydrogen-bond donors (Lipinski definition) is 1. The first kappa shape index (κ1) is 16.0. The first-order valence-corrected chi connectivity index (χ1v) is 8.12. The Bertz CT molecular complexity index is 426. The van der Waals surface area contributed by atoms with Gasteiger partial charge < -0.3 is 5.11 Å². The minimum Gasteiger partial charge on any atom is -0.480 e. The molecule has 3 nitrogen and oxygen atoms in total. The molecule has 0 radical (unpaired) electrons. The molecular formula is C18H27NO2. The summed E-state index contributed by atoms with van der Waals surface area (Å²) in [6.45, 7) is 0.981. The predicted molar refractivity (Wildman–Crippen MR) is 85.5 cm³/mol. The van der Waals surface area contributed by atoms with Gasteiger partial charge in [-0.15, -0.1) is 0 Å². The summed E-state index contributed by atoms with van der Waals surface area (Å²) in [6, 6.07) is 10.8. The standard InChI is InChI=1S/C18H27NO2/c1-19(14-18(20)21)13-12-17(15-8-4-2-5-9-15)16-10-6-3-7-11-16/h2,4-5,8-9,16-17H,3,6-7,10-14H2,1H3,(H,20,21). The van der Waals surface area contributed by atoms with Gasteiger partial charge in [0.05, 0.1) is 6.54 Å². The van der Waals surface area contributed by atoms with E-state index >= 15 is 0 Å². The maximum absolute atomic E-state index is 10.8. The van der Waals surface area contributed by atoms with Crippen molar-refractivity contribution in [1.82, 2.24) is 4.90 Å². The maximum Gasteiger partial charge on any atom is 0.317 e. The summed E-state index contributed by atoms with van der Waals surface area (Å²) < 4.78 is 0. The van der Waals surface area contributed by atoms with E-state index in [1.54, 1.807) is 0 Å². The zero-order valence-corrected chi connectivity index (χ0v) is 13.0. The molecular weight excluding hydrogens is 262 g/mol. The summed E-state index contributed by atoms with van der Waals surface area (Å²) in [7, 11) is 1.90. The van der Waals surface area contributed by atoms with Crippen LogP contribution < -0.4 is 0 Å². The first-order chi connectivity index (χ1) is 10.2. The third kappa shape index (κ3) is 5.16. The lowest BCUT2D eigenvalue weighted by atomic mass is 9.75. The highest BCUT2D eigenvalue weighted by Crippen LogP contribution is 2.38.